The lowest BCUT2D eigenvalue weighted by Gasteiger charge is -2.09. The molecule has 0 saturated heterocycles. The van der Waals surface area contributed by atoms with Crippen molar-refractivity contribution in [3.63, 3.8) is 0 Å². The van der Waals surface area contributed by atoms with E-state index in [1.807, 2.05) is 19.9 Å². The van der Waals surface area contributed by atoms with Crippen molar-refractivity contribution in [2.45, 2.75) is 20.4 Å². The Bertz CT molecular complexity index is 713. The fraction of sp³-hybridized carbons (Fsp3) is 0.333. The van der Waals surface area contributed by atoms with Crippen LogP contribution in [0.15, 0.2) is 34.9 Å². The van der Waals surface area contributed by atoms with Gasteiger partial charge in [-0.15, -0.1) is 0 Å². The molecule has 0 spiro atoms. The summed E-state index contributed by atoms with van der Waals surface area (Å²) >= 11 is 0. The summed E-state index contributed by atoms with van der Waals surface area (Å²) in [5, 5.41) is 0.521. The second-order valence-corrected chi connectivity index (χ2v) is 4.71. The molecule has 1 heterocycles. The Morgan fingerprint density at radius 1 is 1.25 bits per heavy atom. The number of aromatic nitrogens is 2. The molecule has 1 aromatic heterocycles. The molecule has 106 valence electrons. The lowest BCUT2D eigenvalue weighted by atomic mass is 10.2. The van der Waals surface area contributed by atoms with Gasteiger partial charge in [-0.05, 0) is 19.9 Å². The van der Waals surface area contributed by atoms with Gasteiger partial charge in [0.2, 0.25) is 0 Å². The van der Waals surface area contributed by atoms with Crippen molar-refractivity contribution in [1.29, 1.82) is 0 Å². The Kier molecular flexibility index (Phi) is 4.08. The molecule has 0 aliphatic carbocycles. The summed E-state index contributed by atoms with van der Waals surface area (Å²) in [6.45, 7) is 4.50. The van der Waals surface area contributed by atoms with E-state index in [-0.39, 0.29) is 5.56 Å². The molecule has 0 atom stereocenters. The van der Waals surface area contributed by atoms with Crippen molar-refractivity contribution in [2.75, 3.05) is 14.2 Å². The maximum atomic E-state index is 12.4. The van der Waals surface area contributed by atoms with Gasteiger partial charge in [0.25, 0.3) is 5.56 Å². The quantitative estimate of drug-likeness (QED) is 0.803. The van der Waals surface area contributed by atoms with Crippen molar-refractivity contribution >= 4 is 10.9 Å². The minimum Gasteiger partial charge on any atom is -0.493 e. The molecule has 0 saturated carbocycles. The van der Waals surface area contributed by atoms with Crippen LogP contribution in [0, 0.1) is 0 Å². The Balaban J connectivity index is 2.60. The first-order valence-corrected chi connectivity index (χ1v) is 6.31. The number of ether oxygens (including phenoxy) is 2. The van der Waals surface area contributed by atoms with Crippen LogP contribution in [0.3, 0.4) is 0 Å². The van der Waals surface area contributed by atoms with Gasteiger partial charge in [0.1, 0.15) is 0 Å². The van der Waals surface area contributed by atoms with E-state index < -0.39 is 0 Å². The highest BCUT2D eigenvalue weighted by atomic mass is 16.5. The number of hydrogen-bond donors (Lipinski definition) is 0. The minimum absolute atomic E-state index is 0.0894. The lowest BCUT2D eigenvalue weighted by Crippen LogP contribution is -2.20. The monoisotopic (exact) mass is 274 g/mol. The number of nitrogens with zero attached hydrogens (tertiary/aromatic N) is 2. The van der Waals surface area contributed by atoms with Gasteiger partial charge in [-0.25, -0.2) is 4.98 Å². The van der Waals surface area contributed by atoms with E-state index in [9.17, 15) is 4.79 Å². The first kappa shape index (κ1) is 14.1. The minimum atomic E-state index is -0.0894. The third-order valence-corrected chi connectivity index (χ3v) is 3.03. The Hall–Kier alpha value is -2.30. The zero-order valence-electron chi connectivity index (χ0n) is 12.1. The van der Waals surface area contributed by atoms with Gasteiger partial charge in [-0.2, -0.15) is 0 Å². The first-order chi connectivity index (χ1) is 9.56. The van der Waals surface area contributed by atoms with Crippen LogP contribution in [0.2, 0.25) is 0 Å². The zero-order valence-corrected chi connectivity index (χ0v) is 12.1. The normalized spacial score (nSPS) is 10.4. The standard InChI is InChI=1S/C15H18N2O3/c1-10(2)5-6-17-9-16-12-8-14(20-4)13(19-3)7-11(12)15(17)18/h5,7-9H,6H2,1-4H3. The maximum Gasteiger partial charge on any atom is 0.261 e. The van der Waals surface area contributed by atoms with Crippen LogP contribution in [-0.2, 0) is 6.54 Å². The molecule has 0 fully saturated rings. The molecule has 0 aliphatic rings. The van der Waals surface area contributed by atoms with E-state index in [1.165, 1.54) is 0 Å². The number of hydrogen-bond acceptors (Lipinski definition) is 4. The van der Waals surface area contributed by atoms with Crippen molar-refractivity contribution in [2.24, 2.45) is 0 Å². The van der Waals surface area contributed by atoms with Crippen molar-refractivity contribution in [3.8, 4) is 11.5 Å². The van der Waals surface area contributed by atoms with Crippen molar-refractivity contribution in [3.05, 3.63) is 40.5 Å². The molecule has 5 nitrogen and oxygen atoms in total. The topological polar surface area (TPSA) is 53.4 Å². The highest BCUT2D eigenvalue weighted by Crippen LogP contribution is 2.29. The van der Waals surface area contributed by atoms with Crippen LogP contribution in [0.1, 0.15) is 13.8 Å². The van der Waals surface area contributed by atoms with Crippen molar-refractivity contribution in [1.82, 2.24) is 9.55 Å². The predicted molar refractivity (Wildman–Crippen MR) is 78.5 cm³/mol. The van der Waals surface area contributed by atoms with Gasteiger partial charge in [0, 0.05) is 12.6 Å². The van der Waals surface area contributed by atoms with E-state index >= 15 is 0 Å². The molecule has 0 radical (unpaired) electrons. The van der Waals surface area contributed by atoms with Gasteiger partial charge in [0.15, 0.2) is 11.5 Å². The van der Waals surface area contributed by atoms with Crippen molar-refractivity contribution < 1.29 is 9.47 Å². The molecular weight excluding hydrogens is 256 g/mol. The summed E-state index contributed by atoms with van der Waals surface area (Å²) in [5.74, 6) is 1.09. The van der Waals surface area contributed by atoms with Gasteiger partial charge in [-0.3, -0.25) is 9.36 Å². The van der Waals surface area contributed by atoms with Crippen LogP contribution < -0.4 is 15.0 Å². The Morgan fingerprint density at radius 2 is 1.90 bits per heavy atom. The average Bonchev–Trinajstić information content (AvgIpc) is 2.45. The number of benzene rings is 1. The van der Waals surface area contributed by atoms with Gasteiger partial charge < -0.3 is 9.47 Å². The summed E-state index contributed by atoms with van der Waals surface area (Å²) in [7, 11) is 3.10. The molecule has 1 aromatic carbocycles. The third-order valence-electron chi connectivity index (χ3n) is 3.03. The summed E-state index contributed by atoms with van der Waals surface area (Å²) in [4.78, 5) is 16.7. The van der Waals surface area contributed by atoms with E-state index in [2.05, 4.69) is 4.98 Å². The van der Waals surface area contributed by atoms with Crippen LogP contribution in [-0.4, -0.2) is 23.8 Å². The highest BCUT2D eigenvalue weighted by molar-refractivity contribution is 5.81. The van der Waals surface area contributed by atoms with E-state index in [0.717, 1.165) is 5.57 Å². The molecule has 0 unspecified atom stereocenters. The second-order valence-electron chi connectivity index (χ2n) is 4.71. The number of methoxy groups -OCH3 is 2. The number of allylic oxidation sites excluding steroid dienone is 2. The fourth-order valence-corrected chi connectivity index (χ4v) is 1.90. The molecule has 0 N–H and O–H groups in total. The summed E-state index contributed by atoms with van der Waals surface area (Å²) < 4.78 is 12.0. The average molecular weight is 274 g/mol. The Morgan fingerprint density at radius 3 is 2.50 bits per heavy atom. The van der Waals surface area contributed by atoms with Gasteiger partial charge in [-0.1, -0.05) is 11.6 Å². The molecule has 0 amide bonds. The third kappa shape index (κ3) is 2.66. The SMILES string of the molecule is COc1cc2ncn(CC=C(C)C)c(=O)c2cc1OC. The molecule has 2 rings (SSSR count). The molecule has 5 heteroatoms. The van der Waals surface area contributed by atoms with Gasteiger partial charge in [0.05, 0.1) is 31.4 Å². The van der Waals surface area contributed by atoms with E-state index in [1.54, 1.807) is 37.2 Å². The van der Waals surface area contributed by atoms with Crippen LogP contribution in [0.25, 0.3) is 10.9 Å². The largest absolute Gasteiger partial charge is 0.493 e. The molecule has 2 aromatic rings. The summed E-state index contributed by atoms with van der Waals surface area (Å²) in [6, 6.07) is 3.38. The molecular formula is C15H18N2O3. The van der Waals surface area contributed by atoms with E-state index in [4.69, 9.17) is 9.47 Å². The fourth-order valence-electron chi connectivity index (χ4n) is 1.90. The van der Waals surface area contributed by atoms with E-state index in [0.29, 0.717) is 28.9 Å². The second kappa shape index (κ2) is 5.77. The maximum absolute atomic E-state index is 12.4. The van der Waals surface area contributed by atoms with Crippen LogP contribution >= 0.6 is 0 Å². The number of rotatable bonds is 4. The number of fused-ring (bicyclic) bond motifs is 1. The summed E-state index contributed by atoms with van der Waals surface area (Å²) in [6.07, 6.45) is 3.53. The Labute approximate surface area is 117 Å². The first-order valence-electron chi connectivity index (χ1n) is 6.31. The summed E-state index contributed by atoms with van der Waals surface area (Å²) in [5.41, 5.74) is 1.67. The van der Waals surface area contributed by atoms with Gasteiger partial charge >= 0.3 is 0 Å². The molecule has 0 aliphatic heterocycles. The van der Waals surface area contributed by atoms with Crippen LogP contribution in [0.5, 0.6) is 11.5 Å². The smallest absolute Gasteiger partial charge is 0.261 e. The van der Waals surface area contributed by atoms with Crippen LogP contribution in [0.4, 0.5) is 0 Å². The molecule has 0 bridgehead atoms. The molecule has 20 heavy (non-hydrogen) atoms. The predicted octanol–water partition coefficient (Wildman–Crippen LogP) is 2.38. The highest BCUT2D eigenvalue weighted by Gasteiger charge is 2.10. The zero-order chi connectivity index (χ0) is 14.7. The lowest BCUT2D eigenvalue weighted by molar-refractivity contribution is 0.355.